The summed E-state index contributed by atoms with van der Waals surface area (Å²) in [5.41, 5.74) is 7.14. The lowest BCUT2D eigenvalue weighted by molar-refractivity contribution is 0.1000. The predicted molar refractivity (Wildman–Crippen MR) is 65.5 cm³/mol. The molecule has 2 rings (SSSR count). The van der Waals surface area contributed by atoms with E-state index >= 15 is 0 Å². The number of carbonyl (C=O) groups is 1. The lowest BCUT2D eigenvalue weighted by atomic mass is 10.0. The average molecular weight is 227 g/mol. The van der Waals surface area contributed by atoms with Gasteiger partial charge in [0.1, 0.15) is 6.10 Å². The van der Waals surface area contributed by atoms with Gasteiger partial charge in [0.15, 0.2) is 0 Å². The first-order valence-corrected chi connectivity index (χ1v) is 5.31. The van der Waals surface area contributed by atoms with E-state index in [2.05, 4.69) is 0 Å². The van der Waals surface area contributed by atoms with Crippen molar-refractivity contribution in [2.24, 2.45) is 5.73 Å². The summed E-state index contributed by atoms with van der Waals surface area (Å²) in [6.07, 6.45) is -0.682. The molecule has 3 nitrogen and oxygen atoms in total. The summed E-state index contributed by atoms with van der Waals surface area (Å²) < 4.78 is 0. The van der Waals surface area contributed by atoms with E-state index in [9.17, 15) is 9.90 Å². The molecular formula is C14H13NO2. The quantitative estimate of drug-likeness (QED) is 0.840. The lowest BCUT2D eigenvalue weighted by Crippen LogP contribution is -2.11. The molecule has 1 amide bonds. The summed E-state index contributed by atoms with van der Waals surface area (Å²) in [6, 6.07) is 16.0. The summed E-state index contributed by atoms with van der Waals surface area (Å²) in [5.74, 6) is -0.467. The Kier molecular flexibility index (Phi) is 3.21. The largest absolute Gasteiger partial charge is 0.384 e. The van der Waals surface area contributed by atoms with Gasteiger partial charge >= 0.3 is 0 Å². The van der Waals surface area contributed by atoms with Crippen molar-refractivity contribution in [1.29, 1.82) is 0 Å². The fraction of sp³-hybridized carbons (Fsp3) is 0.0714. The van der Waals surface area contributed by atoms with Gasteiger partial charge in [0.05, 0.1) is 0 Å². The molecule has 1 atom stereocenters. The standard InChI is InChI=1S/C14H13NO2/c15-14(17)12-8-6-11(7-9-12)13(16)10-4-2-1-3-5-10/h1-9,13,16H,(H2,15,17)/t13-/m0/s1. The minimum absolute atomic E-state index is 0.439. The summed E-state index contributed by atoms with van der Waals surface area (Å²) in [4.78, 5) is 10.9. The van der Waals surface area contributed by atoms with Gasteiger partial charge in [-0.3, -0.25) is 4.79 Å². The number of hydrogen-bond acceptors (Lipinski definition) is 2. The van der Waals surface area contributed by atoms with Gasteiger partial charge in [0.25, 0.3) is 0 Å². The molecule has 0 saturated heterocycles. The van der Waals surface area contributed by atoms with Crippen LogP contribution in [0.15, 0.2) is 54.6 Å². The Morgan fingerprint density at radius 2 is 1.47 bits per heavy atom. The summed E-state index contributed by atoms with van der Waals surface area (Å²) >= 11 is 0. The van der Waals surface area contributed by atoms with E-state index < -0.39 is 12.0 Å². The molecule has 0 aliphatic rings. The van der Waals surface area contributed by atoms with Crippen LogP contribution in [0.1, 0.15) is 27.6 Å². The van der Waals surface area contributed by atoms with Crippen molar-refractivity contribution in [3.8, 4) is 0 Å². The van der Waals surface area contributed by atoms with Crippen LogP contribution in [0.2, 0.25) is 0 Å². The second-order valence-corrected chi connectivity index (χ2v) is 3.80. The molecule has 0 saturated carbocycles. The Morgan fingerprint density at radius 1 is 0.941 bits per heavy atom. The van der Waals surface area contributed by atoms with Crippen molar-refractivity contribution in [2.75, 3.05) is 0 Å². The Hall–Kier alpha value is -2.13. The lowest BCUT2D eigenvalue weighted by Gasteiger charge is -2.11. The molecule has 0 radical (unpaired) electrons. The number of nitrogens with two attached hydrogens (primary N) is 1. The van der Waals surface area contributed by atoms with Gasteiger partial charge in [-0.1, -0.05) is 42.5 Å². The molecule has 0 bridgehead atoms. The number of rotatable bonds is 3. The van der Waals surface area contributed by atoms with Crippen LogP contribution >= 0.6 is 0 Å². The van der Waals surface area contributed by atoms with E-state index in [1.807, 2.05) is 30.3 Å². The highest BCUT2D eigenvalue weighted by Gasteiger charge is 2.10. The van der Waals surface area contributed by atoms with E-state index in [-0.39, 0.29) is 0 Å². The van der Waals surface area contributed by atoms with Gasteiger partial charge in [-0.05, 0) is 23.3 Å². The molecule has 2 aromatic carbocycles. The van der Waals surface area contributed by atoms with E-state index in [1.54, 1.807) is 24.3 Å². The van der Waals surface area contributed by atoms with Crippen LogP contribution in [0.5, 0.6) is 0 Å². The third-order valence-corrected chi connectivity index (χ3v) is 2.63. The Bertz CT molecular complexity index is 506. The molecule has 0 fully saturated rings. The fourth-order valence-electron chi connectivity index (χ4n) is 1.66. The zero-order valence-electron chi connectivity index (χ0n) is 9.21. The third kappa shape index (κ3) is 2.52. The number of primary amides is 1. The highest BCUT2D eigenvalue weighted by atomic mass is 16.3. The first-order valence-electron chi connectivity index (χ1n) is 5.31. The molecule has 0 heterocycles. The third-order valence-electron chi connectivity index (χ3n) is 2.63. The molecule has 0 spiro atoms. The van der Waals surface area contributed by atoms with Crippen molar-refractivity contribution >= 4 is 5.91 Å². The van der Waals surface area contributed by atoms with Crippen molar-refractivity contribution < 1.29 is 9.90 Å². The van der Waals surface area contributed by atoms with Crippen molar-refractivity contribution in [1.82, 2.24) is 0 Å². The number of amides is 1. The highest BCUT2D eigenvalue weighted by molar-refractivity contribution is 5.92. The van der Waals surface area contributed by atoms with Crippen LogP contribution in [-0.2, 0) is 0 Å². The van der Waals surface area contributed by atoms with Crippen molar-refractivity contribution in [2.45, 2.75) is 6.10 Å². The molecular weight excluding hydrogens is 214 g/mol. The van der Waals surface area contributed by atoms with Crippen LogP contribution in [0.3, 0.4) is 0 Å². The number of carbonyl (C=O) groups excluding carboxylic acids is 1. The monoisotopic (exact) mass is 227 g/mol. The number of hydrogen-bond donors (Lipinski definition) is 2. The number of aliphatic hydroxyl groups is 1. The molecule has 3 N–H and O–H groups in total. The zero-order valence-corrected chi connectivity index (χ0v) is 9.21. The topological polar surface area (TPSA) is 63.3 Å². The fourth-order valence-corrected chi connectivity index (χ4v) is 1.66. The molecule has 0 unspecified atom stereocenters. The van der Waals surface area contributed by atoms with Crippen LogP contribution < -0.4 is 5.73 Å². The number of aliphatic hydroxyl groups excluding tert-OH is 1. The predicted octanol–water partition coefficient (Wildman–Crippen LogP) is 1.87. The SMILES string of the molecule is NC(=O)c1ccc([C@@H](O)c2ccccc2)cc1. The Balaban J connectivity index is 2.26. The summed E-state index contributed by atoms with van der Waals surface area (Å²) in [7, 11) is 0. The van der Waals surface area contributed by atoms with Crippen LogP contribution in [0, 0.1) is 0 Å². The minimum atomic E-state index is -0.682. The molecule has 17 heavy (non-hydrogen) atoms. The van der Waals surface area contributed by atoms with Gasteiger partial charge in [-0.2, -0.15) is 0 Å². The van der Waals surface area contributed by atoms with Gasteiger partial charge in [-0.15, -0.1) is 0 Å². The first-order chi connectivity index (χ1) is 8.18. The van der Waals surface area contributed by atoms with Crippen LogP contribution in [0.4, 0.5) is 0 Å². The average Bonchev–Trinajstić information content (AvgIpc) is 2.39. The Labute approximate surface area is 99.5 Å². The molecule has 0 aliphatic heterocycles. The smallest absolute Gasteiger partial charge is 0.248 e. The zero-order chi connectivity index (χ0) is 12.3. The van der Waals surface area contributed by atoms with E-state index in [0.29, 0.717) is 5.56 Å². The molecule has 3 heteroatoms. The van der Waals surface area contributed by atoms with Gasteiger partial charge < -0.3 is 10.8 Å². The van der Waals surface area contributed by atoms with E-state index in [1.165, 1.54) is 0 Å². The van der Waals surface area contributed by atoms with E-state index in [0.717, 1.165) is 11.1 Å². The van der Waals surface area contributed by atoms with Crippen molar-refractivity contribution in [3.63, 3.8) is 0 Å². The maximum atomic E-state index is 10.9. The Morgan fingerprint density at radius 3 is 2.00 bits per heavy atom. The second-order valence-electron chi connectivity index (χ2n) is 3.80. The van der Waals surface area contributed by atoms with Crippen LogP contribution in [-0.4, -0.2) is 11.0 Å². The summed E-state index contributed by atoms with van der Waals surface area (Å²) in [6.45, 7) is 0. The molecule has 86 valence electrons. The van der Waals surface area contributed by atoms with Gasteiger partial charge in [-0.25, -0.2) is 0 Å². The minimum Gasteiger partial charge on any atom is -0.384 e. The summed E-state index contributed by atoms with van der Waals surface area (Å²) in [5, 5.41) is 10.1. The van der Waals surface area contributed by atoms with Gasteiger partial charge in [0, 0.05) is 5.56 Å². The molecule has 0 aromatic heterocycles. The number of benzene rings is 2. The second kappa shape index (κ2) is 4.80. The maximum Gasteiger partial charge on any atom is 0.248 e. The normalized spacial score (nSPS) is 12.1. The van der Waals surface area contributed by atoms with Gasteiger partial charge in [0.2, 0.25) is 5.91 Å². The maximum absolute atomic E-state index is 10.9. The molecule has 0 aliphatic carbocycles. The highest BCUT2D eigenvalue weighted by Crippen LogP contribution is 2.21. The van der Waals surface area contributed by atoms with Crippen molar-refractivity contribution in [3.05, 3.63) is 71.3 Å². The van der Waals surface area contributed by atoms with Crippen LogP contribution in [0.25, 0.3) is 0 Å². The first kappa shape index (κ1) is 11.4. The molecule has 2 aromatic rings. The van der Waals surface area contributed by atoms with E-state index in [4.69, 9.17) is 5.73 Å².